The Bertz CT molecular complexity index is 421. The van der Waals surface area contributed by atoms with E-state index in [0.717, 1.165) is 13.0 Å². The van der Waals surface area contributed by atoms with Crippen molar-refractivity contribution in [2.24, 2.45) is 11.8 Å². The quantitative estimate of drug-likeness (QED) is 0.461. The molecule has 18 heavy (non-hydrogen) atoms. The molecular weight excluding hydrogens is 232 g/mol. The molecule has 1 rings (SSSR count). The first kappa shape index (κ1) is 14.2. The largest absolute Gasteiger partial charge is 0.369 e. The summed E-state index contributed by atoms with van der Waals surface area (Å²) < 4.78 is 0. The van der Waals surface area contributed by atoms with Gasteiger partial charge in [-0.15, -0.1) is 0 Å². The Kier molecular flexibility index (Phi) is 4.91. The van der Waals surface area contributed by atoms with Crippen molar-refractivity contribution in [1.29, 1.82) is 0 Å². The topological polar surface area (TPSA) is 84.4 Å². The Hall–Kier alpha value is -1.82. The van der Waals surface area contributed by atoms with Crippen LogP contribution in [-0.4, -0.2) is 18.5 Å². The predicted molar refractivity (Wildman–Crippen MR) is 73.6 cm³/mol. The molecule has 1 aromatic rings. The lowest BCUT2D eigenvalue weighted by atomic mass is 10.1. The van der Waals surface area contributed by atoms with Crippen LogP contribution in [0.1, 0.15) is 20.3 Å². The first-order valence-electron chi connectivity index (χ1n) is 5.92. The summed E-state index contributed by atoms with van der Waals surface area (Å²) in [5, 5.41) is 11.1. The van der Waals surface area contributed by atoms with Crippen LogP contribution in [0.2, 0.25) is 0 Å². The minimum absolute atomic E-state index is 0.0197. The number of nitrogens with one attached hydrogen (secondary N) is 1. The highest BCUT2D eigenvalue weighted by atomic mass is 16.6. The molecule has 0 spiro atoms. The Balaban J connectivity index is 3.03. The third-order valence-corrected chi connectivity index (χ3v) is 2.81. The second kappa shape index (κ2) is 6.20. The summed E-state index contributed by atoms with van der Waals surface area (Å²) in [7, 11) is 1.85. The fourth-order valence-corrected chi connectivity index (χ4v) is 1.72. The zero-order chi connectivity index (χ0) is 13.7. The Morgan fingerprint density at radius 1 is 1.50 bits per heavy atom. The summed E-state index contributed by atoms with van der Waals surface area (Å²) in [6.07, 6.45) is 0.980. The predicted octanol–water partition coefficient (Wildman–Crippen LogP) is 2.36. The zero-order valence-electron chi connectivity index (χ0n) is 11.0. The van der Waals surface area contributed by atoms with Crippen LogP contribution in [-0.2, 0) is 0 Å². The lowest BCUT2D eigenvalue weighted by Crippen LogP contribution is -2.21. The van der Waals surface area contributed by atoms with Gasteiger partial charge in [0, 0.05) is 13.6 Å². The molecule has 0 aliphatic carbocycles. The van der Waals surface area contributed by atoms with E-state index in [-0.39, 0.29) is 5.69 Å². The highest BCUT2D eigenvalue weighted by molar-refractivity contribution is 5.76. The molecule has 0 aromatic heterocycles. The third-order valence-electron chi connectivity index (χ3n) is 2.81. The molecule has 100 valence electrons. The van der Waals surface area contributed by atoms with Gasteiger partial charge < -0.3 is 10.3 Å². The van der Waals surface area contributed by atoms with Crippen LogP contribution in [0.5, 0.6) is 0 Å². The fourth-order valence-electron chi connectivity index (χ4n) is 1.72. The monoisotopic (exact) mass is 252 g/mol. The van der Waals surface area contributed by atoms with E-state index in [1.54, 1.807) is 18.2 Å². The highest BCUT2D eigenvalue weighted by Crippen LogP contribution is 2.34. The first-order chi connectivity index (χ1) is 8.47. The van der Waals surface area contributed by atoms with Crippen molar-refractivity contribution in [1.82, 2.24) is 0 Å². The molecule has 0 bridgehead atoms. The van der Waals surface area contributed by atoms with E-state index in [4.69, 9.17) is 5.84 Å². The van der Waals surface area contributed by atoms with Gasteiger partial charge in [0.2, 0.25) is 0 Å². The molecule has 6 nitrogen and oxygen atoms in total. The molecular formula is C12H20N4O2. The number of nitrogens with zero attached hydrogens (tertiary/aromatic N) is 2. The van der Waals surface area contributed by atoms with Crippen molar-refractivity contribution in [3.05, 3.63) is 28.3 Å². The van der Waals surface area contributed by atoms with Gasteiger partial charge in [0.1, 0.15) is 11.4 Å². The van der Waals surface area contributed by atoms with Gasteiger partial charge in [0.05, 0.1) is 4.92 Å². The fraction of sp³-hybridized carbons (Fsp3) is 0.500. The second-order valence-electron chi connectivity index (χ2n) is 4.68. The number of hydrazine groups is 1. The Morgan fingerprint density at radius 3 is 2.67 bits per heavy atom. The molecule has 0 amide bonds. The highest BCUT2D eigenvalue weighted by Gasteiger charge is 2.21. The van der Waals surface area contributed by atoms with Gasteiger partial charge in [0.15, 0.2) is 0 Å². The standard InChI is InChI=1S/C12H20N4O2/c1-9(2)7-8-15(3)11-6-4-5-10(14-13)12(11)16(17)18/h4-6,9,14H,7-8,13H2,1-3H3. The van der Waals surface area contributed by atoms with Gasteiger partial charge in [-0.3, -0.25) is 16.0 Å². The molecule has 0 aliphatic rings. The van der Waals surface area contributed by atoms with Crippen LogP contribution in [0, 0.1) is 16.0 Å². The Morgan fingerprint density at radius 2 is 2.17 bits per heavy atom. The number of nitrogens with two attached hydrogens (primary N) is 1. The van der Waals surface area contributed by atoms with Crippen LogP contribution in [0.4, 0.5) is 17.1 Å². The average molecular weight is 252 g/mol. The van der Waals surface area contributed by atoms with Crippen LogP contribution in [0.25, 0.3) is 0 Å². The van der Waals surface area contributed by atoms with Crippen molar-refractivity contribution >= 4 is 17.1 Å². The molecule has 0 aliphatic heterocycles. The van der Waals surface area contributed by atoms with Gasteiger partial charge >= 0.3 is 5.69 Å². The van der Waals surface area contributed by atoms with Crippen LogP contribution >= 0.6 is 0 Å². The van der Waals surface area contributed by atoms with Gasteiger partial charge in [-0.1, -0.05) is 19.9 Å². The van der Waals surface area contributed by atoms with Crippen molar-refractivity contribution in [2.45, 2.75) is 20.3 Å². The molecule has 0 saturated carbocycles. The summed E-state index contributed by atoms with van der Waals surface area (Å²) in [6, 6.07) is 5.08. The summed E-state index contributed by atoms with van der Waals surface area (Å²) >= 11 is 0. The molecule has 1 aromatic carbocycles. The number of benzene rings is 1. The second-order valence-corrected chi connectivity index (χ2v) is 4.68. The van der Waals surface area contributed by atoms with E-state index in [1.807, 2.05) is 11.9 Å². The normalized spacial score (nSPS) is 10.5. The zero-order valence-corrected chi connectivity index (χ0v) is 11.0. The van der Waals surface area contributed by atoms with E-state index < -0.39 is 4.92 Å². The number of nitro groups is 1. The van der Waals surface area contributed by atoms with E-state index >= 15 is 0 Å². The lowest BCUT2D eigenvalue weighted by Gasteiger charge is -2.21. The molecule has 3 N–H and O–H groups in total. The van der Waals surface area contributed by atoms with Gasteiger partial charge in [-0.2, -0.15) is 0 Å². The van der Waals surface area contributed by atoms with Crippen molar-refractivity contribution < 1.29 is 4.92 Å². The first-order valence-corrected chi connectivity index (χ1v) is 5.92. The summed E-state index contributed by atoms with van der Waals surface area (Å²) in [5.41, 5.74) is 3.30. The van der Waals surface area contributed by atoms with Crippen LogP contribution in [0.15, 0.2) is 18.2 Å². The number of hydrogen-bond donors (Lipinski definition) is 2. The maximum absolute atomic E-state index is 11.1. The molecule has 0 atom stereocenters. The van der Waals surface area contributed by atoms with Crippen molar-refractivity contribution in [3.8, 4) is 0 Å². The van der Waals surface area contributed by atoms with Gasteiger partial charge in [-0.05, 0) is 24.5 Å². The summed E-state index contributed by atoms with van der Waals surface area (Å²) in [6.45, 7) is 5.02. The number of anilines is 2. The summed E-state index contributed by atoms with van der Waals surface area (Å²) in [5.74, 6) is 5.86. The molecule has 0 fully saturated rings. The van der Waals surface area contributed by atoms with Crippen molar-refractivity contribution in [3.63, 3.8) is 0 Å². The summed E-state index contributed by atoms with van der Waals surface area (Å²) in [4.78, 5) is 12.6. The van der Waals surface area contributed by atoms with Gasteiger partial charge in [-0.25, -0.2) is 0 Å². The molecule has 0 saturated heterocycles. The third kappa shape index (κ3) is 3.33. The van der Waals surface area contributed by atoms with E-state index in [2.05, 4.69) is 19.3 Å². The molecule has 0 heterocycles. The van der Waals surface area contributed by atoms with Crippen LogP contribution in [0.3, 0.4) is 0 Å². The van der Waals surface area contributed by atoms with E-state index in [1.165, 1.54) is 0 Å². The van der Waals surface area contributed by atoms with Gasteiger partial charge in [0.25, 0.3) is 0 Å². The minimum Gasteiger partial charge on any atom is -0.369 e. The number of rotatable bonds is 6. The number of nitrogen functional groups attached to an aromatic ring is 1. The lowest BCUT2D eigenvalue weighted by molar-refractivity contribution is -0.383. The number of hydrogen-bond acceptors (Lipinski definition) is 5. The number of para-hydroxylation sites is 1. The van der Waals surface area contributed by atoms with Crippen molar-refractivity contribution in [2.75, 3.05) is 23.9 Å². The molecule has 0 radical (unpaired) electrons. The maximum Gasteiger partial charge on any atom is 0.316 e. The minimum atomic E-state index is -0.406. The molecule has 6 heteroatoms. The number of nitro benzene ring substituents is 1. The maximum atomic E-state index is 11.1. The smallest absolute Gasteiger partial charge is 0.316 e. The SMILES string of the molecule is CC(C)CCN(C)c1cccc(NN)c1[N+](=O)[O-]. The van der Waals surface area contributed by atoms with E-state index in [9.17, 15) is 10.1 Å². The molecule has 0 unspecified atom stereocenters. The average Bonchev–Trinajstić information content (AvgIpc) is 2.34. The Labute approximate surface area is 107 Å². The van der Waals surface area contributed by atoms with E-state index in [0.29, 0.717) is 17.3 Å². The van der Waals surface area contributed by atoms with Crippen LogP contribution < -0.4 is 16.2 Å².